The van der Waals surface area contributed by atoms with Crippen molar-refractivity contribution in [2.45, 2.75) is 63.8 Å². The predicted molar refractivity (Wildman–Crippen MR) is 112 cm³/mol. The molecule has 0 unspecified atom stereocenters. The van der Waals surface area contributed by atoms with Crippen molar-refractivity contribution >= 4 is 15.9 Å². The van der Waals surface area contributed by atoms with Crippen LogP contribution < -0.4 is 5.32 Å². The number of sulfonamides is 1. The van der Waals surface area contributed by atoms with Crippen LogP contribution in [-0.2, 0) is 15.4 Å². The van der Waals surface area contributed by atoms with E-state index in [4.69, 9.17) is 0 Å². The minimum Gasteiger partial charge on any atom is -0.349 e. The van der Waals surface area contributed by atoms with Crippen LogP contribution in [0.25, 0.3) is 0 Å². The summed E-state index contributed by atoms with van der Waals surface area (Å²) in [5.74, 6) is -0.117. The molecule has 158 valence electrons. The van der Waals surface area contributed by atoms with E-state index in [2.05, 4.69) is 36.3 Å². The molecule has 1 aromatic heterocycles. The number of nitrogens with zero attached hydrogens (tertiary/aromatic N) is 2. The highest BCUT2D eigenvalue weighted by atomic mass is 32.2. The number of piperidine rings is 1. The quantitative estimate of drug-likeness (QED) is 0.798. The minimum absolute atomic E-state index is 0.0391. The van der Waals surface area contributed by atoms with E-state index in [0.29, 0.717) is 42.9 Å². The number of carbonyl (C=O) groups is 1. The maximum Gasteiger partial charge on any atom is 0.251 e. The van der Waals surface area contributed by atoms with Crippen LogP contribution in [0.2, 0.25) is 0 Å². The van der Waals surface area contributed by atoms with Gasteiger partial charge in [-0.1, -0.05) is 32.9 Å². The zero-order valence-corrected chi connectivity index (χ0v) is 18.6. The number of H-pyrrole nitrogens is 1. The van der Waals surface area contributed by atoms with Gasteiger partial charge in [0, 0.05) is 24.7 Å². The van der Waals surface area contributed by atoms with Gasteiger partial charge in [0.25, 0.3) is 5.91 Å². The van der Waals surface area contributed by atoms with Crippen LogP contribution in [0, 0.1) is 13.8 Å². The van der Waals surface area contributed by atoms with Crippen molar-refractivity contribution in [2.75, 3.05) is 13.1 Å². The van der Waals surface area contributed by atoms with Gasteiger partial charge in [-0.25, -0.2) is 8.42 Å². The molecule has 1 fully saturated rings. The van der Waals surface area contributed by atoms with Crippen LogP contribution in [0.15, 0.2) is 29.2 Å². The Morgan fingerprint density at radius 2 is 1.72 bits per heavy atom. The van der Waals surface area contributed by atoms with Gasteiger partial charge >= 0.3 is 0 Å². The lowest BCUT2D eigenvalue weighted by Gasteiger charge is -2.31. The van der Waals surface area contributed by atoms with Crippen LogP contribution in [0.5, 0.6) is 0 Å². The second kappa shape index (κ2) is 7.91. The monoisotopic (exact) mass is 418 g/mol. The Balaban J connectivity index is 1.60. The number of hydrogen-bond donors (Lipinski definition) is 2. The number of carbonyl (C=O) groups excluding carboxylic acids is 1. The lowest BCUT2D eigenvalue weighted by Crippen LogP contribution is -2.46. The fourth-order valence-electron chi connectivity index (χ4n) is 3.68. The Kier molecular flexibility index (Phi) is 5.87. The molecule has 0 radical (unpaired) electrons. The Morgan fingerprint density at radius 3 is 2.21 bits per heavy atom. The molecule has 2 aromatic rings. The molecule has 0 bridgehead atoms. The Morgan fingerprint density at radius 1 is 1.14 bits per heavy atom. The van der Waals surface area contributed by atoms with Crippen molar-refractivity contribution in [3.63, 3.8) is 0 Å². The number of hydrogen-bond acceptors (Lipinski definition) is 4. The van der Waals surface area contributed by atoms with Crippen molar-refractivity contribution < 1.29 is 13.2 Å². The van der Waals surface area contributed by atoms with Crippen LogP contribution in [0.3, 0.4) is 0 Å². The Bertz CT molecular complexity index is 960. The van der Waals surface area contributed by atoms with Gasteiger partial charge in [-0.2, -0.15) is 9.40 Å². The molecule has 0 atom stereocenters. The summed E-state index contributed by atoms with van der Waals surface area (Å²) in [6, 6.07) is 7.63. The van der Waals surface area contributed by atoms with Crippen molar-refractivity contribution in [3.05, 3.63) is 46.8 Å². The van der Waals surface area contributed by atoms with Gasteiger partial charge in [-0.15, -0.1) is 0 Å². The summed E-state index contributed by atoms with van der Waals surface area (Å²) in [4.78, 5) is 12.8. The van der Waals surface area contributed by atoms with Gasteiger partial charge in [0.1, 0.15) is 4.90 Å². The highest BCUT2D eigenvalue weighted by Crippen LogP contribution is 2.25. The number of aromatic amines is 1. The molecule has 0 saturated carbocycles. The summed E-state index contributed by atoms with van der Waals surface area (Å²) in [6.07, 6.45) is 1.17. The molecule has 1 saturated heterocycles. The molecular weight excluding hydrogens is 388 g/mol. The van der Waals surface area contributed by atoms with E-state index in [1.807, 2.05) is 24.3 Å². The van der Waals surface area contributed by atoms with E-state index in [1.165, 1.54) is 9.87 Å². The second-order valence-corrected chi connectivity index (χ2v) is 10.6. The fraction of sp³-hybridized carbons (Fsp3) is 0.524. The number of aryl methyl sites for hydroxylation is 2. The van der Waals surface area contributed by atoms with Crippen LogP contribution in [0.4, 0.5) is 0 Å². The largest absolute Gasteiger partial charge is 0.349 e. The summed E-state index contributed by atoms with van der Waals surface area (Å²) in [6.45, 7) is 10.6. The molecule has 1 amide bonds. The first kappa shape index (κ1) is 21.5. The summed E-state index contributed by atoms with van der Waals surface area (Å²) in [5.41, 5.74) is 2.88. The van der Waals surface area contributed by atoms with Gasteiger partial charge in [0.05, 0.1) is 11.4 Å². The van der Waals surface area contributed by atoms with Crippen LogP contribution in [0.1, 0.15) is 60.9 Å². The van der Waals surface area contributed by atoms with Crippen molar-refractivity contribution in [1.29, 1.82) is 0 Å². The SMILES string of the molecule is Cc1n[nH]c(C)c1S(=O)(=O)N1CCC(NC(=O)c2ccc(C(C)(C)C)cc2)CC1. The maximum atomic E-state index is 12.9. The minimum atomic E-state index is -3.58. The molecule has 2 heterocycles. The molecule has 1 aliphatic rings. The Hall–Kier alpha value is -2.19. The number of aromatic nitrogens is 2. The third-order valence-corrected chi connectivity index (χ3v) is 7.62. The third-order valence-electron chi connectivity index (χ3n) is 5.46. The zero-order valence-electron chi connectivity index (χ0n) is 17.7. The summed E-state index contributed by atoms with van der Waals surface area (Å²) < 4.78 is 27.3. The average Bonchev–Trinajstić information content (AvgIpc) is 3.00. The topological polar surface area (TPSA) is 95.2 Å². The molecular formula is C21H30N4O3S. The van der Waals surface area contributed by atoms with Gasteiger partial charge in [0.15, 0.2) is 0 Å². The van der Waals surface area contributed by atoms with E-state index in [1.54, 1.807) is 13.8 Å². The number of amides is 1. The highest BCUT2D eigenvalue weighted by Gasteiger charge is 2.33. The van der Waals surface area contributed by atoms with Gasteiger partial charge in [0.2, 0.25) is 10.0 Å². The molecule has 8 heteroatoms. The molecule has 1 aliphatic heterocycles. The molecule has 3 rings (SSSR count). The van der Waals surface area contributed by atoms with E-state index in [-0.39, 0.29) is 22.3 Å². The van der Waals surface area contributed by atoms with Crippen LogP contribution in [-0.4, -0.2) is 48.0 Å². The van der Waals surface area contributed by atoms with Gasteiger partial charge in [-0.3, -0.25) is 9.89 Å². The standard InChI is InChI=1S/C21H30N4O3S/c1-14-19(15(2)24-23-14)29(27,28)25-12-10-18(11-13-25)22-20(26)16-6-8-17(9-7-16)21(3,4)5/h6-9,18H,10-13H2,1-5H3,(H,22,26)(H,23,24). The van der Waals surface area contributed by atoms with Crippen molar-refractivity contribution in [3.8, 4) is 0 Å². The zero-order chi connectivity index (χ0) is 21.4. The lowest BCUT2D eigenvalue weighted by atomic mass is 9.86. The van der Waals surface area contributed by atoms with Gasteiger partial charge in [-0.05, 0) is 49.8 Å². The summed E-state index contributed by atoms with van der Waals surface area (Å²) in [7, 11) is -3.58. The molecule has 2 N–H and O–H groups in total. The smallest absolute Gasteiger partial charge is 0.251 e. The van der Waals surface area contributed by atoms with Crippen molar-refractivity contribution in [1.82, 2.24) is 19.8 Å². The number of rotatable bonds is 4. The maximum absolute atomic E-state index is 12.9. The molecule has 1 aromatic carbocycles. The molecule has 0 aliphatic carbocycles. The van der Waals surface area contributed by atoms with Gasteiger partial charge < -0.3 is 5.32 Å². The predicted octanol–water partition coefficient (Wildman–Crippen LogP) is 2.91. The van der Waals surface area contributed by atoms with Crippen molar-refractivity contribution in [2.24, 2.45) is 0 Å². The Labute approximate surface area is 172 Å². The van der Waals surface area contributed by atoms with Crippen LogP contribution >= 0.6 is 0 Å². The fourth-order valence-corrected chi connectivity index (χ4v) is 5.48. The summed E-state index contributed by atoms with van der Waals surface area (Å²) in [5, 5.41) is 9.78. The second-order valence-electron chi connectivity index (χ2n) is 8.74. The third kappa shape index (κ3) is 4.53. The summed E-state index contributed by atoms with van der Waals surface area (Å²) >= 11 is 0. The molecule has 7 nitrogen and oxygen atoms in total. The number of nitrogens with one attached hydrogen (secondary N) is 2. The first-order valence-electron chi connectivity index (χ1n) is 9.93. The van der Waals surface area contributed by atoms with E-state index < -0.39 is 10.0 Å². The highest BCUT2D eigenvalue weighted by molar-refractivity contribution is 7.89. The van der Waals surface area contributed by atoms with E-state index in [9.17, 15) is 13.2 Å². The molecule has 0 spiro atoms. The average molecular weight is 419 g/mol. The lowest BCUT2D eigenvalue weighted by molar-refractivity contribution is 0.0924. The normalized spacial score (nSPS) is 16.7. The first-order chi connectivity index (χ1) is 13.5. The van der Waals surface area contributed by atoms with E-state index in [0.717, 1.165) is 0 Å². The molecule has 29 heavy (non-hydrogen) atoms. The number of benzene rings is 1. The van der Waals surface area contributed by atoms with E-state index >= 15 is 0 Å². The first-order valence-corrected chi connectivity index (χ1v) is 11.4.